The highest BCUT2D eigenvalue weighted by Crippen LogP contribution is 2.32. The van der Waals surface area contributed by atoms with Crippen molar-refractivity contribution in [1.82, 2.24) is 0 Å². The largest absolute Gasteiger partial charge is 0.469 e. The van der Waals surface area contributed by atoms with Gasteiger partial charge >= 0.3 is 0 Å². The minimum atomic E-state index is -0.688. The number of hydrogen-bond donors (Lipinski definition) is 0. The van der Waals surface area contributed by atoms with Crippen molar-refractivity contribution >= 4 is 23.2 Å². The minimum absolute atomic E-state index is 0.454. The van der Waals surface area contributed by atoms with Crippen LogP contribution in [-0.2, 0) is 11.8 Å². The van der Waals surface area contributed by atoms with Crippen molar-refractivity contribution in [3.8, 4) is 6.07 Å². The monoisotopic (exact) mass is 279 g/mol. The van der Waals surface area contributed by atoms with Gasteiger partial charge in [0.1, 0.15) is 5.76 Å². The van der Waals surface area contributed by atoms with Crippen LogP contribution in [0.4, 0.5) is 0 Å². The van der Waals surface area contributed by atoms with Crippen molar-refractivity contribution < 1.29 is 4.42 Å². The number of halogens is 2. The minimum Gasteiger partial charge on any atom is -0.469 e. The van der Waals surface area contributed by atoms with Gasteiger partial charge in [-0.15, -0.1) is 0 Å². The topological polar surface area (TPSA) is 36.9 Å². The van der Waals surface area contributed by atoms with E-state index in [1.165, 1.54) is 0 Å². The lowest BCUT2D eigenvalue weighted by Gasteiger charge is -2.21. The lowest BCUT2D eigenvalue weighted by molar-refractivity contribution is 0.462. The molecule has 0 saturated carbocycles. The number of benzene rings is 1. The van der Waals surface area contributed by atoms with Crippen LogP contribution >= 0.6 is 23.2 Å². The van der Waals surface area contributed by atoms with Crippen molar-refractivity contribution in [3.63, 3.8) is 0 Å². The van der Waals surface area contributed by atoms with E-state index in [0.29, 0.717) is 16.5 Å². The van der Waals surface area contributed by atoms with Crippen molar-refractivity contribution in [3.05, 3.63) is 58.0 Å². The fraction of sp³-hybridized carbons (Fsp3) is 0.214. The van der Waals surface area contributed by atoms with Crippen molar-refractivity contribution in [2.24, 2.45) is 0 Å². The molecule has 92 valence electrons. The van der Waals surface area contributed by atoms with E-state index in [2.05, 4.69) is 6.07 Å². The van der Waals surface area contributed by atoms with E-state index in [4.69, 9.17) is 27.6 Å². The molecule has 0 aliphatic heterocycles. The summed E-state index contributed by atoms with van der Waals surface area (Å²) < 4.78 is 5.30. The van der Waals surface area contributed by atoms with E-state index in [1.54, 1.807) is 18.4 Å². The molecule has 1 aromatic heterocycles. The molecule has 2 rings (SSSR count). The van der Waals surface area contributed by atoms with Gasteiger partial charge in [0.25, 0.3) is 0 Å². The van der Waals surface area contributed by atoms with Crippen LogP contribution in [0.25, 0.3) is 0 Å². The van der Waals surface area contributed by atoms with Crippen LogP contribution in [-0.4, -0.2) is 0 Å². The number of hydrogen-bond acceptors (Lipinski definition) is 2. The Labute approximate surface area is 116 Å². The molecule has 0 spiro atoms. The average molecular weight is 280 g/mol. The van der Waals surface area contributed by atoms with Gasteiger partial charge in [0.05, 0.1) is 27.8 Å². The number of nitriles is 1. The first-order valence-corrected chi connectivity index (χ1v) is 6.20. The molecule has 4 heteroatoms. The summed E-state index contributed by atoms with van der Waals surface area (Å²) >= 11 is 11.9. The smallest absolute Gasteiger partial charge is 0.105 e. The van der Waals surface area contributed by atoms with Gasteiger partial charge in [-0.25, -0.2) is 0 Å². The zero-order valence-electron chi connectivity index (χ0n) is 9.78. The average Bonchev–Trinajstić information content (AvgIpc) is 2.85. The molecule has 2 aromatic rings. The second-order valence-corrected chi connectivity index (χ2v) is 5.14. The first-order chi connectivity index (χ1) is 8.55. The Kier molecular flexibility index (Phi) is 3.65. The van der Waals surface area contributed by atoms with Crippen molar-refractivity contribution in [2.75, 3.05) is 0 Å². The first kappa shape index (κ1) is 13.0. The molecule has 0 fully saturated rings. The van der Waals surface area contributed by atoms with E-state index in [0.717, 1.165) is 11.3 Å². The van der Waals surface area contributed by atoms with Crippen molar-refractivity contribution in [1.29, 1.82) is 5.26 Å². The number of furan rings is 1. The van der Waals surface area contributed by atoms with Gasteiger partial charge in [-0.05, 0) is 36.8 Å². The fourth-order valence-electron chi connectivity index (χ4n) is 1.81. The quantitative estimate of drug-likeness (QED) is 0.823. The molecule has 1 heterocycles. The van der Waals surface area contributed by atoms with Gasteiger partial charge in [-0.3, -0.25) is 0 Å². The fourth-order valence-corrected chi connectivity index (χ4v) is 2.11. The van der Waals surface area contributed by atoms with Crippen LogP contribution in [0, 0.1) is 11.3 Å². The van der Waals surface area contributed by atoms with Crippen LogP contribution in [0.1, 0.15) is 18.2 Å². The molecule has 0 N–H and O–H groups in total. The third-order valence-electron chi connectivity index (χ3n) is 2.91. The molecule has 1 unspecified atom stereocenters. The maximum Gasteiger partial charge on any atom is 0.105 e. The zero-order chi connectivity index (χ0) is 13.2. The number of nitrogens with zero attached hydrogens (tertiary/aromatic N) is 1. The highest BCUT2D eigenvalue weighted by atomic mass is 35.5. The molecule has 1 atom stereocenters. The van der Waals surface area contributed by atoms with E-state index in [9.17, 15) is 5.26 Å². The van der Waals surface area contributed by atoms with E-state index in [-0.39, 0.29) is 0 Å². The summed E-state index contributed by atoms with van der Waals surface area (Å²) in [5.41, 5.74) is 0.141. The standard InChI is InChI=1S/C14H11Cl2NO/c1-14(9-17,8-11-3-2-6-18-11)10-4-5-12(15)13(16)7-10/h2-7H,8H2,1H3. The van der Waals surface area contributed by atoms with Crippen LogP contribution in [0.2, 0.25) is 10.0 Å². The summed E-state index contributed by atoms with van der Waals surface area (Å²) in [7, 11) is 0. The summed E-state index contributed by atoms with van der Waals surface area (Å²) in [6.45, 7) is 1.86. The highest BCUT2D eigenvalue weighted by Gasteiger charge is 2.28. The van der Waals surface area contributed by atoms with Gasteiger partial charge in [-0.1, -0.05) is 29.3 Å². The molecule has 18 heavy (non-hydrogen) atoms. The van der Waals surface area contributed by atoms with E-state index >= 15 is 0 Å². The molecule has 0 amide bonds. The Morgan fingerprint density at radius 1 is 1.28 bits per heavy atom. The highest BCUT2D eigenvalue weighted by molar-refractivity contribution is 6.42. The van der Waals surface area contributed by atoms with E-state index < -0.39 is 5.41 Å². The second-order valence-electron chi connectivity index (χ2n) is 4.33. The summed E-state index contributed by atoms with van der Waals surface area (Å²) in [5, 5.41) is 10.4. The summed E-state index contributed by atoms with van der Waals surface area (Å²) in [6, 6.07) is 11.2. The van der Waals surface area contributed by atoms with Crippen molar-refractivity contribution in [2.45, 2.75) is 18.8 Å². The van der Waals surface area contributed by atoms with Gasteiger partial charge in [-0.2, -0.15) is 5.26 Å². The lowest BCUT2D eigenvalue weighted by Crippen LogP contribution is -2.22. The summed E-state index contributed by atoms with van der Waals surface area (Å²) in [6.07, 6.45) is 2.09. The molecule has 1 aromatic carbocycles. The molecule has 0 radical (unpaired) electrons. The van der Waals surface area contributed by atoms with Gasteiger partial charge in [0, 0.05) is 6.42 Å². The summed E-state index contributed by atoms with van der Waals surface area (Å²) in [5.74, 6) is 0.769. The number of rotatable bonds is 3. The van der Waals surface area contributed by atoms with Gasteiger partial charge in [0.2, 0.25) is 0 Å². The third kappa shape index (κ3) is 2.53. The van der Waals surface area contributed by atoms with Crippen LogP contribution in [0.3, 0.4) is 0 Å². The Morgan fingerprint density at radius 3 is 2.61 bits per heavy atom. The Bertz CT molecular complexity index is 586. The predicted molar refractivity (Wildman–Crippen MR) is 71.8 cm³/mol. The summed E-state index contributed by atoms with van der Waals surface area (Å²) in [4.78, 5) is 0. The molecular weight excluding hydrogens is 269 g/mol. The molecule has 2 nitrogen and oxygen atoms in total. The Hall–Kier alpha value is -1.43. The van der Waals surface area contributed by atoms with Crippen LogP contribution in [0.5, 0.6) is 0 Å². The SMILES string of the molecule is CC(C#N)(Cc1ccco1)c1ccc(Cl)c(Cl)c1. The maximum absolute atomic E-state index is 9.43. The zero-order valence-corrected chi connectivity index (χ0v) is 11.3. The predicted octanol–water partition coefficient (Wildman–Crippen LogP) is 4.61. The normalized spacial score (nSPS) is 13.9. The molecule has 0 aliphatic rings. The second kappa shape index (κ2) is 5.06. The van der Waals surface area contributed by atoms with E-state index in [1.807, 2.05) is 25.1 Å². The maximum atomic E-state index is 9.43. The van der Waals surface area contributed by atoms with Crippen LogP contribution < -0.4 is 0 Å². The van der Waals surface area contributed by atoms with Crippen LogP contribution in [0.15, 0.2) is 41.0 Å². The molecule has 0 bridgehead atoms. The molecular formula is C14H11Cl2NO. The third-order valence-corrected chi connectivity index (χ3v) is 3.65. The Balaban J connectivity index is 2.37. The molecule has 0 saturated heterocycles. The molecule has 0 aliphatic carbocycles. The first-order valence-electron chi connectivity index (χ1n) is 5.44. The Morgan fingerprint density at radius 2 is 2.06 bits per heavy atom. The lowest BCUT2D eigenvalue weighted by atomic mass is 9.80. The van der Waals surface area contributed by atoms with Gasteiger partial charge in [0.15, 0.2) is 0 Å². The van der Waals surface area contributed by atoms with Gasteiger partial charge < -0.3 is 4.42 Å².